The Labute approximate surface area is 104 Å². The van der Waals surface area contributed by atoms with Crippen LogP contribution in [0.3, 0.4) is 0 Å². The van der Waals surface area contributed by atoms with E-state index in [1.165, 1.54) is 17.5 Å². The molecule has 90 valence electrons. The number of hydrogen-bond donors (Lipinski definition) is 0. The van der Waals surface area contributed by atoms with Gasteiger partial charge in [-0.15, -0.1) is 0 Å². The van der Waals surface area contributed by atoms with Gasteiger partial charge in [0.2, 0.25) is 0 Å². The Bertz CT molecular complexity index is 406. The maximum atomic E-state index is 8.90. The number of fused-ring (bicyclic) bond motifs is 1. The summed E-state index contributed by atoms with van der Waals surface area (Å²) in [5.41, 5.74) is 2.97. The lowest BCUT2D eigenvalue weighted by atomic mass is 9.87. The van der Waals surface area contributed by atoms with Gasteiger partial charge in [0.15, 0.2) is 0 Å². The summed E-state index contributed by atoms with van der Waals surface area (Å²) in [5, 5.41) is 8.90. The Balaban J connectivity index is 2.07. The van der Waals surface area contributed by atoms with Gasteiger partial charge in [-0.1, -0.05) is 31.2 Å². The van der Waals surface area contributed by atoms with Gasteiger partial charge in [0, 0.05) is 6.04 Å². The molecule has 2 rings (SSSR count). The van der Waals surface area contributed by atoms with Crippen molar-refractivity contribution in [1.82, 2.24) is 4.90 Å². The van der Waals surface area contributed by atoms with Gasteiger partial charge in [0.1, 0.15) is 0 Å². The summed E-state index contributed by atoms with van der Waals surface area (Å²) >= 11 is 0. The first-order valence-electron chi connectivity index (χ1n) is 6.53. The summed E-state index contributed by atoms with van der Waals surface area (Å²) in [7, 11) is 0. The zero-order valence-corrected chi connectivity index (χ0v) is 10.5. The fourth-order valence-corrected chi connectivity index (χ4v) is 2.76. The van der Waals surface area contributed by atoms with E-state index in [4.69, 9.17) is 5.26 Å². The standard InChI is InChI=1S/C15H20N2/c1-2-10-17(11-9-16)15-8-7-13-5-3-4-6-14(13)12-15/h3-6,15H,2,7-8,10-12H2,1H3/t15-/m0/s1. The lowest BCUT2D eigenvalue weighted by Crippen LogP contribution is -2.40. The molecule has 0 fully saturated rings. The topological polar surface area (TPSA) is 27.0 Å². The molecule has 0 radical (unpaired) electrons. The molecule has 0 aromatic heterocycles. The van der Waals surface area contributed by atoms with Gasteiger partial charge in [-0.25, -0.2) is 0 Å². The van der Waals surface area contributed by atoms with E-state index < -0.39 is 0 Å². The second kappa shape index (κ2) is 5.84. The number of hydrogen-bond acceptors (Lipinski definition) is 2. The van der Waals surface area contributed by atoms with Gasteiger partial charge in [-0.3, -0.25) is 4.90 Å². The molecule has 1 aliphatic rings. The minimum Gasteiger partial charge on any atom is -0.287 e. The molecule has 2 nitrogen and oxygen atoms in total. The molecule has 0 bridgehead atoms. The molecule has 0 spiro atoms. The average Bonchev–Trinajstić information content (AvgIpc) is 2.38. The van der Waals surface area contributed by atoms with Gasteiger partial charge in [-0.2, -0.15) is 5.26 Å². The minimum atomic E-state index is 0.560. The van der Waals surface area contributed by atoms with Crippen molar-refractivity contribution in [1.29, 1.82) is 5.26 Å². The van der Waals surface area contributed by atoms with Crippen LogP contribution in [0.4, 0.5) is 0 Å². The van der Waals surface area contributed by atoms with Crippen LogP contribution in [0.1, 0.15) is 30.9 Å². The van der Waals surface area contributed by atoms with E-state index in [0.29, 0.717) is 12.6 Å². The van der Waals surface area contributed by atoms with Crippen LogP contribution in [0.2, 0.25) is 0 Å². The van der Waals surface area contributed by atoms with Crippen molar-refractivity contribution in [3.63, 3.8) is 0 Å². The van der Waals surface area contributed by atoms with Crippen molar-refractivity contribution in [3.8, 4) is 6.07 Å². The van der Waals surface area contributed by atoms with Crippen LogP contribution in [0.25, 0.3) is 0 Å². The molecule has 1 aromatic carbocycles. The lowest BCUT2D eigenvalue weighted by molar-refractivity contribution is 0.201. The van der Waals surface area contributed by atoms with E-state index in [1.54, 1.807) is 0 Å². The van der Waals surface area contributed by atoms with Crippen LogP contribution < -0.4 is 0 Å². The first-order valence-corrected chi connectivity index (χ1v) is 6.53. The molecule has 0 aliphatic heterocycles. The molecular weight excluding hydrogens is 208 g/mol. The number of nitriles is 1. The highest BCUT2D eigenvalue weighted by Crippen LogP contribution is 2.24. The van der Waals surface area contributed by atoms with Crippen LogP contribution in [0.5, 0.6) is 0 Å². The fraction of sp³-hybridized carbons (Fsp3) is 0.533. The molecule has 0 unspecified atom stereocenters. The Morgan fingerprint density at radius 3 is 2.82 bits per heavy atom. The molecule has 17 heavy (non-hydrogen) atoms. The van der Waals surface area contributed by atoms with Crippen LogP contribution in [-0.4, -0.2) is 24.0 Å². The van der Waals surface area contributed by atoms with Crippen LogP contribution in [0, 0.1) is 11.3 Å². The third-order valence-corrected chi connectivity index (χ3v) is 3.62. The van der Waals surface area contributed by atoms with Crippen LogP contribution in [0.15, 0.2) is 24.3 Å². The number of rotatable bonds is 4. The predicted molar refractivity (Wildman–Crippen MR) is 69.7 cm³/mol. The summed E-state index contributed by atoms with van der Waals surface area (Å²) in [5.74, 6) is 0. The van der Waals surface area contributed by atoms with Gasteiger partial charge >= 0.3 is 0 Å². The Kier molecular flexibility index (Phi) is 4.17. The van der Waals surface area contributed by atoms with E-state index in [2.05, 4.69) is 42.2 Å². The van der Waals surface area contributed by atoms with Gasteiger partial charge in [0.05, 0.1) is 12.6 Å². The zero-order chi connectivity index (χ0) is 12.1. The third kappa shape index (κ3) is 2.87. The highest BCUT2D eigenvalue weighted by atomic mass is 15.1. The van der Waals surface area contributed by atoms with Gasteiger partial charge in [0.25, 0.3) is 0 Å². The highest BCUT2D eigenvalue weighted by Gasteiger charge is 2.23. The first kappa shape index (κ1) is 12.1. The van der Waals surface area contributed by atoms with E-state index >= 15 is 0 Å². The highest BCUT2D eigenvalue weighted by molar-refractivity contribution is 5.30. The minimum absolute atomic E-state index is 0.560. The summed E-state index contributed by atoms with van der Waals surface area (Å²) in [6.45, 7) is 3.79. The third-order valence-electron chi connectivity index (χ3n) is 3.62. The Hall–Kier alpha value is -1.33. The monoisotopic (exact) mass is 228 g/mol. The van der Waals surface area contributed by atoms with E-state index in [-0.39, 0.29) is 0 Å². The molecular formula is C15H20N2. The smallest absolute Gasteiger partial charge is 0.0868 e. The molecule has 0 N–H and O–H groups in total. The second-order valence-electron chi connectivity index (χ2n) is 4.79. The molecule has 0 saturated carbocycles. The summed E-state index contributed by atoms with van der Waals surface area (Å²) in [4.78, 5) is 2.34. The lowest BCUT2D eigenvalue weighted by Gasteiger charge is -2.33. The first-order chi connectivity index (χ1) is 8.35. The summed E-state index contributed by atoms with van der Waals surface area (Å²) < 4.78 is 0. The van der Waals surface area contributed by atoms with Gasteiger partial charge in [-0.05, 0) is 43.4 Å². The molecule has 0 saturated heterocycles. The molecule has 1 aromatic rings. The molecule has 1 aliphatic carbocycles. The predicted octanol–water partition coefficient (Wildman–Crippen LogP) is 2.78. The fourth-order valence-electron chi connectivity index (χ4n) is 2.76. The maximum absolute atomic E-state index is 8.90. The maximum Gasteiger partial charge on any atom is 0.0868 e. The zero-order valence-electron chi connectivity index (χ0n) is 10.5. The Morgan fingerprint density at radius 2 is 2.12 bits per heavy atom. The second-order valence-corrected chi connectivity index (χ2v) is 4.79. The van der Waals surface area contributed by atoms with Crippen molar-refractivity contribution >= 4 is 0 Å². The van der Waals surface area contributed by atoms with E-state index in [9.17, 15) is 0 Å². The quantitative estimate of drug-likeness (QED) is 0.741. The molecule has 0 amide bonds. The van der Waals surface area contributed by atoms with E-state index in [1.807, 2.05) is 0 Å². The Morgan fingerprint density at radius 1 is 1.35 bits per heavy atom. The van der Waals surface area contributed by atoms with Crippen molar-refractivity contribution in [2.24, 2.45) is 0 Å². The molecule has 0 heterocycles. The number of benzene rings is 1. The van der Waals surface area contributed by atoms with Crippen molar-refractivity contribution in [2.45, 2.75) is 38.6 Å². The number of aryl methyl sites for hydroxylation is 1. The van der Waals surface area contributed by atoms with Gasteiger partial charge < -0.3 is 0 Å². The van der Waals surface area contributed by atoms with Crippen molar-refractivity contribution in [2.75, 3.05) is 13.1 Å². The number of nitrogens with zero attached hydrogens (tertiary/aromatic N) is 2. The normalized spacial score (nSPS) is 18.8. The van der Waals surface area contributed by atoms with E-state index in [0.717, 1.165) is 25.8 Å². The van der Waals surface area contributed by atoms with Crippen molar-refractivity contribution < 1.29 is 0 Å². The van der Waals surface area contributed by atoms with Crippen molar-refractivity contribution in [3.05, 3.63) is 35.4 Å². The molecule has 2 heteroatoms. The largest absolute Gasteiger partial charge is 0.287 e. The molecule has 1 atom stereocenters. The van der Waals surface area contributed by atoms with Crippen LogP contribution in [-0.2, 0) is 12.8 Å². The summed E-state index contributed by atoms with van der Waals surface area (Å²) in [6, 6.07) is 11.6. The van der Waals surface area contributed by atoms with Crippen LogP contribution >= 0.6 is 0 Å². The summed E-state index contributed by atoms with van der Waals surface area (Å²) in [6.07, 6.45) is 4.59. The average molecular weight is 228 g/mol. The SMILES string of the molecule is CCCN(CC#N)[C@H]1CCc2ccccc2C1.